The summed E-state index contributed by atoms with van der Waals surface area (Å²) >= 11 is 0. The Morgan fingerprint density at radius 1 is 0.632 bits per heavy atom. The Morgan fingerprint density at radius 3 is 1.58 bits per heavy atom. The summed E-state index contributed by atoms with van der Waals surface area (Å²) in [7, 11) is 0. The van der Waals surface area contributed by atoms with Crippen LogP contribution in [0.25, 0.3) is 0 Å². The monoisotopic (exact) mass is 552 g/mol. The summed E-state index contributed by atoms with van der Waals surface area (Å²) in [5.74, 6) is -0.483. The molecule has 0 aromatic heterocycles. The lowest BCUT2D eigenvalue weighted by Gasteiger charge is -2.44. The Morgan fingerprint density at radius 2 is 1.08 bits per heavy atom. The first-order chi connectivity index (χ1) is 18.2. The molecule has 12 nitrogen and oxygen atoms in total. The third kappa shape index (κ3) is 10.2. The van der Waals surface area contributed by atoms with E-state index in [0.717, 1.165) is 19.3 Å². The first-order valence-electron chi connectivity index (χ1n) is 14.0. The molecule has 224 valence electrons. The van der Waals surface area contributed by atoms with Crippen molar-refractivity contribution in [1.29, 1.82) is 0 Å². The summed E-state index contributed by atoms with van der Waals surface area (Å²) in [6.07, 6.45) is -3.03. The Balaban J connectivity index is 1.70. The molecule has 2 heterocycles. The van der Waals surface area contributed by atoms with Crippen molar-refractivity contribution in [2.24, 2.45) is 0 Å². The van der Waals surface area contributed by atoms with Crippen LogP contribution in [0.4, 0.5) is 0 Å². The van der Waals surface area contributed by atoms with E-state index in [4.69, 9.17) is 18.9 Å². The molecule has 0 unspecified atom stereocenters. The van der Waals surface area contributed by atoms with Gasteiger partial charge >= 0.3 is 5.97 Å². The van der Waals surface area contributed by atoms with Crippen LogP contribution < -0.4 is 0 Å². The fraction of sp³-hybridized carbons (Fsp3) is 0.962. The average molecular weight is 553 g/mol. The second-order valence-electron chi connectivity index (χ2n) is 10.3. The minimum Gasteiger partial charge on any atom is -0.463 e. The van der Waals surface area contributed by atoms with Crippen molar-refractivity contribution < 1.29 is 59.5 Å². The number of hydrogen-bond acceptors (Lipinski definition) is 12. The summed E-state index contributed by atoms with van der Waals surface area (Å²) in [5.41, 5.74) is 0. The van der Waals surface area contributed by atoms with Gasteiger partial charge in [-0.2, -0.15) is 0 Å². The fourth-order valence-electron chi connectivity index (χ4n) is 4.66. The molecule has 2 rings (SSSR count). The van der Waals surface area contributed by atoms with Crippen molar-refractivity contribution in [1.82, 2.24) is 0 Å². The van der Waals surface area contributed by atoms with E-state index in [1.54, 1.807) is 0 Å². The molecule has 0 aliphatic carbocycles. The van der Waals surface area contributed by atoms with E-state index in [0.29, 0.717) is 6.42 Å². The second kappa shape index (κ2) is 17.7. The number of hydrogen-bond donors (Lipinski definition) is 7. The quantitative estimate of drug-likeness (QED) is 0.0933. The molecule has 0 amide bonds. The summed E-state index contributed by atoms with van der Waals surface area (Å²) in [6, 6.07) is 0. The predicted molar refractivity (Wildman–Crippen MR) is 134 cm³/mol. The molecule has 2 fully saturated rings. The van der Waals surface area contributed by atoms with Crippen LogP contribution in [0, 0.1) is 0 Å². The molecular weight excluding hydrogens is 504 g/mol. The Hall–Kier alpha value is -0.930. The van der Waals surface area contributed by atoms with Crippen molar-refractivity contribution in [2.45, 2.75) is 145 Å². The number of aliphatic hydroxyl groups excluding tert-OH is 7. The molecule has 38 heavy (non-hydrogen) atoms. The number of ether oxygens (including phenoxy) is 4. The zero-order chi connectivity index (χ0) is 28.1. The Labute approximate surface area is 224 Å². The molecule has 0 radical (unpaired) electrons. The second-order valence-corrected chi connectivity index (χ2v) is 10.3. The van der Waals surface area contributed by atoms with Crippen LogP contribution >= 0.6 is 0 Å². The SMILES string of the molecule is CCCCCCCCCCCCCC(=O)OC[C@@H]1O[C@H](O[C@H]2O[C@H](CO)[C@@H](O)[C@@H](O)[C@@H]2O)[C@@H](O)[C@H](O)[C@@H]1O. The van der Waals surface area contributed by atoms with Gasteiger partial charge in [0.15, 0.2) is 12.6 Å². The Kier molecular flexibility index (Phi) is 15.5. The van der Waals surface area contributed by atoms with E-state index < -0.39 is 80.6 Å². The van der Waals surface area contributed by atoms with Crippen molar-refractivity contribution in [3.8, 4) is 0 Å². The number of aliphatic hydroxyl groups is 7. The lowest BCUT2D eigenvalue weighted by Crippen LogP contribution is -2.63. The van der Waals surface area contributed by atoms with E-state index in [9.17, 15) is 40.5 Å². The minimum atomic E-state index is -1.76. The lowest BCUT2D eigenvalue weighted by molar-refractivity contribution is -0.376. The predicted octanol–water partition coefficient (Wildman–Crippen LogP) is -0.145. The van der Waals surface area contributed by atoms with Crippen LogP contribution in [0.3, 0.4) is 0 Å². The van der Waals surface area contributed by atoms with Gasteiger partial charge in [-0.3, -0.25) is 4.79 Å². The summed E-state index contributed by atoms with van der Waals surface area (Å²) < 4.78 is 21.3. The highest BCUT2D eigenvalue weighted by Crippen LogP contribution is 2.28. The smallest absolute Gasteiger partial charge is 0.305 e. The molecule has 2 aliphatic rings. The van der Waals surface area contributed by atoms with Gasteiger partial charge in [-0.15, -0.1) is 0 Å². The zero-order valence-corrected chi connectivity index (χ0v) is 22.3. The van der Waals surface area contributed by atoms with Gasteiger partial charge in [0.05, 0.1) is 6.61 Å². The van der Waals surface area contributed by atoms with Gasteiger partial charge in [0.1, 0.15) is 55.4 Å². The Bertz CT molecular complexity index is 650. The highest BCUT2D eigenvalue weighted by atomic mass is 16.8. The molecule has 0 saturated carbocycles. The van der Waals surface area contributed by atoms with E-state index in [2.05, 4.69) is 6.92 Å². The van der Waals surface area contributed by atoms with Crippen LogP contribution in [0.15, 0.2) is 0 Å². The van der Waals surface area contributed by atoms with Gasteiger partial charge in [0.2, 0.25) is 0 Å². The molecular formula is C26H48O12. The number of rotatable bonds is 17. The zero-order valence-electron chi connectivity index (χ0n) is 22.3. The third-order valence-electron chi connectivity index (χ3n) is 7.18. The van der Waals surface area contributed by atoms with E-state index in [1.165, 1.54) is 44.9 Å². The first-order valence-corrected chi connectivity index (χ1v) is 14.0. The maximum Gasteiger partial charge on any atom is 0.305 e. The maximum absolute atomic E-state index is 12.1. The molecule has 0 aromatic carbocycles. The topological polar surface area (TPSA) is 196 Å². The van der Waals surface area contributed by atoms with Crippen LogP contribution in [-0.2, 0) is 23.7 Å². The van der Waals surface area contributed by atoms with E-state index >= 15 is 0 Å². The molecule has 0 spiro atoms. The van der Waals surface area contributed by atoms with Crippen molar-refractivity contribution in [3.63, 3.8) is 0 Å². The number of unbranched alkanes of at least 4 members (excludes halogenated alkanes) is 10. The van der Waals surface area contributed by atoms with Crippen molar-refractivity contribution in [3.05, 3.63) is 0 Å². The standard InChI is InChI=1S/C26H48O12/c1-2-3-4-5-6-7-8-9-10-11-12-13-18(28)35-15-17-20(30)22(32)24(34)26(37-17)38-25-23(33)21(31)19(29)16(14-27)36-25/h16-17,19-27,29-34H,2-15H2,1H3/t16-,17+,19-,20-,21-,22-,23+,24+,25-,26-/m1/s1. The van der Waals surface area contributed by atoms with Gasteiger partial charge in [0, 0.05) is 6.42 Å². The van der Waals surface area contributed by atoms with Crippen molar-refractivity contribution in [2.75, 3.05) is 13.2 Å². The van der Waals surface area contributed by atoms with Gasteiger partial charge in [0.25, 0.3) is 0 Å². The van der Waals surface area contributed by atoms with E-state index in [-0.39, 0.29) is 6.42 Å². The molecule has 7 N–H and O–H groups in total. The average Bonchev–Trinajstić information content (AvgIpc) is 2.91. The largest absolute Gasteiger partial charge is 0.463 e. The van der Waals surface area contributed by atoms with Gasteiger partial charge in [-0.1, -0.05) is 71.1 Å². The molecule has 2 aliphatic heterocycles. The van der Waals surface area contributed by atoms with Crippen LogP contribution in [0.1, 0.15) is 84.0 Å². The highest BCUT2D eigenvalue weighted by molar-refractivity contribution is 5.69. The molecule has 2 saturated heterocycles. The molecule has 0 bridgehead atoms. The summed E-state index contributed by atoms with van der Waals surface area (Å²) in [4.78, 5) is 12.1. The van der Waals surface area contributed by atoms with Crippen LogP contribution in [0.5, 0.6) is 0 Å². The highest BCUT2D eigenvalue weighted by Gasteiger charge is 2.49. The van der Waals surface area contributed by atoms with Crippen LogP contribution in [0.2, 0.25) is 0 Å². The minimum absolute atomic E-state index is 0.204. The van der Waals surface area contributed by atoms with Crippen molar-refractivity contribution >= 4 is 5.97 Å². The summed E-state index contributed by atoms with van der Waals surface area (Å²) in [6.45, 7) is 1.12. The molecule has 0 aromatic rings. The van der Waals surface area contributed by atoms with Crippen LogP contribution in [-0.4, -0.2) is 116 Å². The molecule has 12 heteroatoms. The number of esters is 1. The third-order valence-corrected chi connectivity index (χ3v) is 7.18. The van der Waals surface area contributed by atoms with Gasteiger partial charge in [-0.25, -0.2) is 0 Å². The van der Waals surface area contributed by atoms with E-state index in [1.807, 2.05) is 0 Å². The van der Waals surface area contributed by atoms with Gasteiger partial charge in [-0.05, 0) is 6.42 Å². The number of carbonyl (C=O) groups excluding carboxylic acids is 1. The maximum atomic E-state index is 12.1. The fourth-order valence-corrected chi connectivity index (χ4v) is 4.66. The first kappa shape index (κ1) is 33.3. The molecule has 10 atom stereocenters. The van der Waals surface area contributed by atoms with Gasteiger partial charge < -0.3 is 54.7 Å². The number of carbonyl (C=O) groups is 1. The summed E-state index contributed by atoms with van der Waals surface area (Å²) in [5, 5.41) is 70.0. The normalized spacial score (nSPS) is 35.8. The lowest BCUT2D eigenvalue weighted by atomic mass is 9.98.